The van der Waals surface area contributed by atoms with Gasteiger partial charge >= 0.3 is 6.09 Å². The minimum atomic E-state index is -0.487. The van der Waals surface area contributed by atoms with E-state index in [4.69, 9.17) is 16.3 Å². The summed E-state index contributed by atoms with van der Waals surface area (Å²) in [5, 5.41) is 5.42. The number of rotatable bonds is 6. The van der Waals surface area contributed by atoms with Gasteiger partial charge in [0.05, 0.1) is 0 Å². The number of ether oxygens (including phenoxy) is 1. The maximum Gasteiger partial charge on any atom is 0.407 e. The van der Waals surface area contributed by atoms with Gasteiger partial charge in [-0.15, -0.1) is 11.6 Å². The van der Waals surface area contributed by atoms with Gasteiger partial charge in [-0.2, -0.15) is 0 Å². The minimum absolute atomic E-state index is 0.0333. The number of carbonyl (C=O) groups excluding carboxylic acids is 2. The van der Waals surface area contributed by atoms with Crippen LogP contribution in [0.1, 0.15) is 31.9 Å². The molecule has 2 amide bonds. The molecule has 6 heteroatoms. The van der Waals surface area contributed by atoms with Crippen LogP contribution in [0.2, 0.25) is 0 Å². The van der Waals surface area contributed by atoms with Gasteiger partial charge in [-0.05, 0) is 38.3 Å². The molecule has 2 N–H and O–H groups in total. The van der Waals surface area contributed by atoms with E-state index in [1.165, 1.54) is 0 Å². The highest BCUT2D eigenvalue weighted by Crippen LogP contribution is 2.07. The van der Waals surface area contributed by atoms with Crippen molar-refractivity contribution in [2.75, 3.05) is 12.4 Å². The molecule has 22 heavy (non-hydrogen) atoms. The number of alkyl carbamates (subject to hydrolysis) is 1. The normalized spacial score (nSPS) is 10.9. The van der Waals surface area contributed by atoms with Gasteiger partial charge < -0.3 is 15.4 Å². The van der Waals surface area contributed by atoms with Crippen LogP contribution in [0, 0.1) is 0 Å². The van der Waals surface area contributed by atoms with E-state index in [0.29, 0.717) is 19.5 Å². The van der Waals surface area contributed by atoms with Crippen molar-refractivity contribution in [3.05, 3.63) is 35.4 Å². The Morgan fingerprint density at radius 2 is 1.68 bits per heavy atom. The van der Waals surface area contributed by atoms with Crippen molar-refractivity contribution in [1.82, 2.24) is 10.6 Å². The molecule has 1 rings (SSSR count). The largest absolute Gasteiger partial charge is 0.444 e. The Morgan fingerprint density at radius 3 is 2.23 bits per heavy atom. The number of nitrogens with one attached hydrogen (secondary N) is 2. The first kappa shape index (κ1) is 18.3. The molecular weight excluding hydrogens is 304 g/mol. The number of benzene rings is 1. The second kappa shape index (κ2) is 8.63. The molecule has 0 aliphatic rings. The van der Waals surface area contributed by atoms with Crippen LogP contribution in [0.4, 0.5) is 4.79 Å². The maximum absolute atomic E-state index is 11.5. The fourth-order valence-corrected chi connectivity index (χ4v) is 1.79. The van der Waals surface area contributed by atoms with Crippen molar-refractivity contribution in [3.8, 4) is 0 Å². The van der Waals surface area contributed by atoms with Crippen molar-refractivity contribution >= 4 is 23.6 Å². The molecule has 0 unspecified atom stereocenters. The molecule has 0 fully saturated rings. The van der Waals surface area contributed by atoms with E-state index in [-0.39, 0.29) is 11.8 Å². The molecule has 5 nitrogen and oxygen atoms in total. The maximum atomic E-state index is 11.5. The summed E-state index contributed by atoms with van der Waals surface area (Å²) in [7, 11) is 0. The first-order valence-corrected chi connectivity index (χ1v) is 7.71. The number of hydrogen-bond donors (Lipinski definition) is 2. The molecule has 0 bridgehead atoms. The second-order valence-corrected chi connectivity index (χ2v) is 6.17. The van der Waals surface area contributed by atoms with Gasteiger partial charge in [0.2, 0.25) is 5.91 Å². The van der Waals surface area contributed by atoms with Gasteiger partial charge in [0, 0.05) is 13.1 Å². The standard InChI is InChI=1S/C16H23ClN2O3/c1-16(2,3)22-15(21)18-9-8-12-4-6-13(7-5-12)11-19-14(20)10-17/h4-7H,8-11H2,1-3H3,(H,18,21)(H,19,20). The summed E-state index contributed by atoms with van der Waals surface area (Å²) >= 11 is 5.41. The molecule has 0 saturated heterocycles. The zero-order valence-corrected chi connectivity index (χ0v) is 14.0. The van der Waals surface area contributed by atoms with Crippen LogP contribution in [0.15, 0.2) is 24.3 Å². The van der Waals surface area contributed by atoms with Crippen LogP contribution in [0.3, 0.4) is 0 Å². The summed E-state index contributed by atoms with van der Waals surface area (Å²) in [5.41, 5.74) is 1.62. The van der Waals surface area contributed by atoms with E-state index < -0.39 is 11.7 Å². The van der Waals surface area contributed by atoms with Gasteiger partial charge in [-0.25, -0.2) is 4.79 Å². The Morgan fingerprint density at radius 1 is 1.09 bits per heavy atom. The molecule has 0 saturated carbocycles. The van der Waals surface area contributed by atoms with E-state index >= 15 is 0 Å². The summed E-state index contributed by atoms with van der Waals surface area (Å²) < 4.78 is 5.16. The topological polar surface area (TPSA) is 67.4 Å². The molecular formula is C16H23ClN2O3. The Labute approximate surface area is 136 Å². The van der Waals surface area contributed by atoms with Crippen molar-refractivity contribution in [2.24, 2.45) is 0 Å². The predicted molar refractivity (Wildman–Crippen MR) is 86.9 cm³/mol. The molecule has 0 aliphatic heterocycles. The average Bonchev–Trinajstić information content (AvgIpc) is 2.44. The summed E-state index contributed by atoms with van der Waals surface area (Å²) in [6.07, 6.45) is 0.306. The zero-order chi connectivity index (χ0) is 16.6. The number of alkyl halides is 1. The highest BCUT2D eigenvalue weighted by Gasteiger charge is 2.15. The molecule has 0 aromatic heterocycles. The molecule has 1 aromatic rings. The van der Waals surface area contributed by atoms with Crippen molar-refractivity contribution in [3.63, 3.8) is 0 Å². The smallest absolute Gasteiger partial charge is 0.407 e. The first-order chi connectivity index (χ1) is 10.3. The third-order valence-electron chi connectivity index (χ3n) is 2.72. The molecule has 0 atom stereocenters. The number of carbonyl (C=O) groups is 2. The van der Waals surface area contributed by atoms with E-state index in [0.717, 1.165) is 11.1 Å². The third-order valence-corrected chi connectivity index (χ3v) is 2.96. The highest BCUT2D eigenvalue weighted by atomic mass is 35.5. The summed E-state index contributed by atoms with van der Waals surface area (Å²) in [5.74, 6) is -0.221. The van der Waals surface area contributed by atoms with Gasteiger partial charge in [-0.3, -0.25) is 4.79 Å². The van der Waals surface area contributed by atoms with Gasteiger partial charge in [0.25, 0.3) is 0 Å². The van der Waals surface area contributed by atoms with Crippen LogP contribution in [0.25, 0.3) is 0 Å². The predicted octanol–water partition coefficient (Wildman–Crippen LogP) is 2.61. The summed E-state index contributed by atoms with van der Waals surface area (Å²) in [6.45, 7) is 6.45. The number of halogens is 1. The lowest BCUT2D eigenvalue weighted by Gasteiger charge is -2.19. The monoisotopic (exact) mass is 326 g/mol. The zero-order valence-electron chi connectivity index (χ0n) is 13.2. The van der Waals surface area contributed by atoms with E-state index in [1.54, 1.807) is 0 Å². The Hall–Kier alpha value is -1.75. The first-order valence-electron chi connectivity index (χ1n) is 7.17. The fraction of sp³-hybridized carbons (Fsp3) is 0.500. The second-order valence-electron chi connectivity index (χ2n) is 5.91. The van der Waals surface area contributed by atoms with Crippen LogP contribution in [-0.2, 0) is 22.5 Å². The van der Waals surface area contributed by atoms with E-state index in [2.05, 4.69) is 10.6 Å². The molecule has 0 spiro atoms. The van der Waals surface area contributed by atoms with E-state index in [9.17, 15) is 9.59 Å². The average molecular weight is 327 g/mol. The molecule has 1 aromatic carbocycles. The Balaban J connectivity index is 2.32. The van der Waals surface area contributed by atoms with E-state index in [1.807, 2.05) is 45.0 Å². The third kappa shape index (κ3) is 7.88. The lowest BCUT2D eigenvalue weighted by atomic mass is 10.1. The van der Waals surface area contributed by atoms with Crippen molar-refractivity contribution < 1.29 is 14.3 Å². The highest BCUT2D eigenvalue weighted by molar-refractivity contribution is 6.27. The molecule has 0 heterocycles. The molecule has 0 radical (unpaired) electrons. The van der Waals surface area contributed by atoms with Crippen molar-refractivity contribution in [1.29, 1.82) is 0 Å². The van der Waals surface area contributed by atoms with Gasteiger partial charge in [-0.1, -0.05) is 24.3 Å². The number of amides is 2. The lowest BCUT2D eigenvalue weighted by molar-refractivity contribution is -0.118. The quantitative estimate of drug-likeness (QED) is 0.790. The van der Waals surface area contributed by atoms with Gasteiger partial charge in [0.1, 0.15) is 11.5 Å². The summed E-state index contributed by atoms with van der Waals surface area (Å²) in [4.78, 5) is 22.6. The fourth-order valence-electron chi connectivity index (χ4n) is 1.69. The SMILES string of the molecule is CC(C)(C)OC(=O)NCCc1ccc(CNC(=O)CCl)cc1. The Kier molecular flexibility index (Phi) is 7.18. The Bertz CT molecular complexity index is 495. The molecule has 0 aliphatic carbocycles. The molecule has 122 valence electrons. The van der Waals surface area contributed by atoms with Gasteiger partial charge in [0.15, 0.2) is 0 Å². The van der Waals surface area contributed by atoms with Crippen molar-refractivity contribution in [2.45, 2.75) is 39.3 Å². The van der Waals surface area contributed by atoms with Crippen LogP contribution in [-0.4, -0.2) is 30.0 Å². The van der Waals surface area contributed by atoms with Crippen LogP contribution < -0.4 is 10.6 Å². The summed E-state index contributed by atoms with van der Waals surface area (Å²) in [6, 6.07) is 7.83. The van der Waals surface area contributed by atoms with Crippen LogP contribution >= 0.6 is 11.6 Å². The van der Waals surface area contributed by atoms with Crippen LogP contribution in [0.5, 0.6) is 0 Å². The minimum Gasteiger partial charge on any atom is -0.444 e. The lowest BCUT2D eigenvalue weighted by Crippen LogP contribution is -2.33. The number of hydrogen-bond acceptors (Lipinski definition) is 3.